The molecule has 24 heavy (non-hydrogen) atoms. The minimum absolute atomic E-state index is 0.0404. The highest BCUT2D eigenvalue weighted by atomic mass is 35.5. The van der Waals surface area contributed by atoms with Gasteiger partial charge in [0.2, 0.25) is 5.89 Å². The Morgan fingerprint density at radius 2 is 2.12 bits per heavy atom. The molecule has 2 aromatic carbocycles. The maximum Gasteiger partial charge on any atom is 0.312 e. The van der Waals surface area contributed by atoms with E-state index in [-0.39, 0.29) is 29.0 Å². The number of hydrogen-bond acceptors (Lipinski definition) is 5. The highest BCUT2D eigenvalue weighted by Crippen LogP contribution is 2.30. The molecule has 0 bridgehead atoms. The maximum absolute atomic E-state index is 13.2. The largest absolute Gasteiger partial charge is 0.480 e. The average Bonchev–Trinajstić information content (AvgIpc) is 3.02. The highest BCUT2D eigenvalue weighted by Gasteiger charge is 2.16. The van der Waals surface area contributed by atoms with Crippen molar-refractivity contribution in [3.8, 4) is 17.2 Å². The SMILES string of the molecule is O=[N+]([O-])c1cc(Cl)ccc1OCc1coc(-c2cccc(F)c2)n1. The molecule has 6 nitrogen and oxygen atoms in total. The van der Waals surface area contributed by atoms with Crippen LogP contribution in [0.2, 0.25) is 5.02 Å². The van der Waals surface area contributed by atoms with E-state index in [1.54, 1.807) is 12.1 Å². The van der Waals surface area contributed by atoms with Crippen molar-refractivity contribution in [3.63, 3.8) is 0 Å². The maximum atomic E-state index is 13.2. The molecule has 0 radical (unpaired) electrons. The first-order valence-corrected chi connectivity index (χ1v) is 7.18. The quantitative estimate of drug-likeness (QED) is 0.496. The monoisotopic (exact) mass is 348 g/mol. The topological polar surface area (TPSA) is 78.4 Å². The van der Waals surface area contributed by atoms with Crippen molar-refractivity contribution in [3.05, 3.63) is 75.4 Å². The lowest BCUT2D eigenvalue weighted by atomic mass is 10.2. The number of halogens is 2. The molecule has 8 heteroatoms. The molecule has 0 aliphatic rings. The number of rotatable bonds is 5. The summed E-state index contributed by atoms with van der Waals surface area (Å²) in [6.45, 7) is -0.0404. The Bertz CT molecular complexity index is 897. The fourth-order valence-corrected chi connectivity index (χ4v) is 2.20. The first kappa shape index (κ1) is 15.9. The predicted molar refractivity (Wildman–Crippen MR) is 84.3 cm³/mol. The van der Waals surface area contributed by atoms with Gasteiger partial charge in [0.05, 0.1) is 4.92 Å². The minimum Gasteiger partial charge on any atom is -0.480 e. The van der Waals surface area contributed by atoms with Crippen LogP contribution in [0.15, 0.2) is 53.1 Å². The van der Waals surface area contributed by atoms with Gasteiger partial charge in [-0.1, -0.05) is 17.7 Å². The highest BCUT2D eigenvalue weighted by molar-refractivity contribution is 6.30. The van der Waals surface area contributed by atoms with Gasteiger partial charge in [0, 0.05) is 16.7 Å². The Labute approximate surface area is 140 Å². The van der Waals surface area contributed by atoms with Crippen LogP contribution < -0.4 is 4.74 Å². The van der Waals surface area contributed by atoms with Crippen LogP contribution in [0.5, 0.6) is 5.75 Å². The number of aromatic nitrogens is 1. The molecule has 0 aliphatic carbocycles. The van der Waals surface area contributed by atoms with Crippen LogP contribution in [0, 0.1) is 15.9 Å². The van der Waals surface area contributed by atoms with E-state index in [1.807, 2.05) is 0 Å². The zero-order chi connectivity index (χ0) is 17.1. The van der Waals surface area contributed by atoms with E-state index >= 15 is 0 Å². The van der Waals surface area contributed by atoms with Gasteiger partial charge in [-0.05, 0) is 30.3 Å². The Kier molecular flexibility index (Phi) is 4.43. The lowest BCUT2D eigenvalue weighted by Gasteiger charge is -2.04. The molecule has 122 valence electrons. The molecule has 3 aromatic rings. The van der Waals surface area contributed by atoms with Crippen molar-refractivity contribution < 1.29 is 18.5 Å². The Balaban J connectivity index is 1.76. The van der Waals surface area contributed by atoms with E-state index in [1.165, 1.54) is 36.6 Å². The summed E-state index contributed by atoms with van der Waals surface area (Å²) in [7, 11) is 0. The summed E-state index contributed by atoms with van der Waals surface area (Å²) in [4.78, 5) is 14.6. The Hall–Kier alpha value is -2.93. The second-order valence-corrected chi connectivity index (χ2v) is 5.25. The van der Waals surface area contributed by atoms with Crippen molar-refractivity contribution >= 4 is 17.3 Å². The van der Waals surface area contributed by atoms with Crippen LogP contribution in [0.4, 0.5) is 10.1 Å². The summed E-state index contributed by atoms with van der Waals surface area (Å²) in [5.41, 5.74) is 0.661. The molecule has 0 atom stereocenters. The molecule has 1 heterocycles. The van der Waals surface area contributed by atoms with Crippen LogP contribution in [0.25, 0.3) is 11.5 Å². The molecule has 0 unspecified atom stereocenters. The molecular formula is C16H10ClFN2O4. The lowest BCUT2D eigenvalue weighted by molar-refractivity contribution is -0.385. The smallest absolute Gasteiger partial charge is 0.312 e. The van der Waals surface area contributed by atoms with E-state index in [0.29, 0.717) is 11.3 Å². The van der Waals surface area contributed by atoms with Crippen molar-refractivity contribution in [2.24, 2.45) is 0 Å². The van der Waals surface area contributed by atoms with E-state index in [0.717, 1.165) is 0 Å². The van der Waals surface area contributed by atoms with Gasteiger partial charge in [0.25, 0.3) is 0 Å². The first-order chi connectivity index (χ1) is 11.5. The molecule has 1 aromatic heterocycles. The van der Waals surface area contributed by atoms with Crippen molar-refractivity contribution in [1.29, 1.82) is 0 Å². The summed E-state index contributed by atoms with van der Waals surface area (Å²) < 4.78 is 23.9. The molecule has 0 aliphatic heterocycles. The number of nitrogens with zero attached hydrogens (tertiary/aromatic N) is 2. The Morgan fingerprint density at radius 3 is 2.88 bits per heavy atom. The molecule has 3 rings (SSSR count). The third kappa shape index (κ3) is 3.52. The molecule has 0 fully saturated rings. The van der Waals surface area contributed by atoms with Crippen molar-refractivity contribution in [1.82, 2.24) is 4.98 Å². The molecular weight excluding hydrogens is 339 g/mol. The summed E-state index contributed by atoms with van der Waals surface area (Å²) in [5.74, 6) is -0.0984. The van der Waals surface area contributed by atoms with Crippen molar-refractivity contribution in [2.45, 2.75) is 6.61 Å². The van der Waals surface area contributed by atoms with Gasteiger partial charge in [-0.2, -0.15) is 0 Å². The van der Waals surface area contributed by atoms with Gasteiger partial charge in [-0.15, -0.1) is 0 Å². The number of hydrogen-bond donors (Lipinski definition) is 0. The number of benzene rings is 2. The third-order valence-electron chi connectivity index (χ3n) is 3.12. The summed E-state index contributed by atoms with van der Waals surface area (Å²) in [5, 5.41) is 11.2. The average molecular weight is 349 g/mol. The van der Waals surface area contributed by atoms with Gasteiger partial charge in [-0.3, -0.25) is 10.1 Å². The van der Waals surface area contributed by atoms with E-state index in [2.05, 4.69) is 4.98 Å². The molecule has 0 spiro atoms. The second kappa shape index (κ2) is 6.67. The van der Waals surface area contributed by atoms with Gasteiger partial charge in [0.15, 0.2) is 5.75 Å². The standard InChI is InChI=1S/C16H10ClFN2O4/c17-11-4-5-15(14(7-11)20(21)22)23-8-13-9-24-16(19-13)10-2-1-3-12(18)6-10/h1-7,9H,8H2. The Morgan fingerprint density at radius 1 is 1.29 bits per heavy atom. The molecule has 0 saturated carbocycles. The van der Waals surface area contributed by atoms with Crippen molar-refractivity contribution in [2.75, 3.05) is 0 Å². The zero-order valence-corrected chi connectivity index (χ0v) is 12.9. The van der Waals surface area contributed by atoms with Gasteiger partial charge in [0.1, 0.15) is 24.4 Å². The predicted octanol–water partition coefficient (Wildman–Crippen LogP) is 4.62. The van der Waals surface area contributed by atoms with E-state index in [9.17, 15) is 14.5 Å². The summed E-state index contributed by atoms with van der Waals surface area (Å²) in [6.07, 6.45) is 1.35. The fourth-order valence-electron chi connectivity index (χ4n) is 2.03. The van der Waals surface area contributed by atoms with E-state index < -0.39 is 10.7 Å². The minimum atomic E-state index is -0.581. The first-order valence-electron chi connectivity index (χ1n) is 6.80. The summed E-state index contributed by atoms with van der Waals surface area (Å²) in [6, 6.07) is 9.92. The zero-order valence-electron chi connectivity index (χ0n) is 12.1. The number of oxazole rings is 1. The van der Waals surface area contributed by atoms with Gasteiger partial charge < -0.3 is 9.15 Å². The van der Waals surface area contributed by atoms with E-state index in [4.69, 9.17) is 20.8 Å². The molecule has 0 N–H and O–H groups in total. The summed E-state index contributed by atoms with van der Waals surface area (Å²) >= 11 is 5.74. The number of nitro benzene ring substituents is 1. The number of nitro groups is 1. The van der Waals surface area contributed by atoms with Crippen LogP contribution >= 0.6 is 11.6 Å². The second-order valence-electron chi connectivity index (χ2n) is 4.81. The van der Waals surface area contributed by atoms with Crippen LogP contribution in [-0.4, -0.2) is 9.91 Å². The number of ether oxygens (including phenoxy) is 1. The normalized spacial score (nSPS) is 10.6. The lowest BCUT2D eigenvalue weighted by Crippen LogP contribution is -1.99. The van der Waals surface area contributed by atoms with Crippen LogP contribution in [0.3, 0.4) is 0 Å². The van der Waals surface area contributed by atoms with Crippen LogP contribution in [0.1, 0.15) is 5.69 Å². The van der Waals surface area contributed by atoms with Crippen LogP contribution in [-0.2, 0) is 6.61 Å². The molecule has 0 amide bonds. The van der Waals surface area contributed by atoms with Gasteiger partial charge >= 0.3 is 5.69 Å². The molecule has 0 saturated heterocycles. The third-order valence-corrected chi connectivity index (χ3v) is 3.35. The van der Waals surface area contributed by atoms with Gasteiger partial charge in [-0.25, -0.2) is 9.37 Å². The fraction of sp³-hybridized carbons (Fsp3) is 0.0625.